The predicted octanol–water partition coefficient (Wildman–Crippen LogP) is 5.00. The highest BCUT2D eigenvalue weighted by Gasteiger charge is 2.44. The molecule has 2 aliphatic rings. The monoisotopic (exact) mass is 628 g/mol. The van der Waals surface area contributed by atoms with Crippen LogP contribution in [0.15, 0.2) is 36.9 Å². The van der Waals surface area contributed by atoms with Gasteiger partial charge in [0.15, 0.2) is 17.3 Å². The number of nitrogens with one attached hydrogen (secondary N) is 1. The van der Waals surface area contributed by atoms with Crippen LogP contribution in [0, 0.1) is 36.4 Å². The van der Waals surface area contributed by atoms with Gasteiger partial charge in [-0.15, -0.1) is 0 Å². The maximum atomic E-state index is 14.8. The maximum Gasteiger partial charge on any atom is 0.282 e. The van der Waals surface area contributed by atoms with E-state index in [1.165, 1.54) is 23.3 Å². The Bertz CT molecular complexity index is 1890. The van der Waals surface area contributed by atoms with Gasteiger partial charge >= 0.3 is 0 Å². The number of aryl methyl sites for hydroxylation is 1. The van der Waals surface area contributed by atoms with Gasteiger partial charge in [-0.1, -0.05) is 29.5 Å². The molecule has 10 nitrogen and oxygen atoms in total. The molecule has 16 heteroatoms. The predicted molar refractivity (Wildman–Crippen MR) is 146 cm³/mol. The molecule has 224 valence electrons. The molecule has 0 spiro atoms. The molecule has 0 radical (unpaired) electrons. The van der Waals surface area contributed by atoms with E-state index >= 15 is 0 Å². The normalized spacial score (nSPS) is 17.0. The first-order valence-electron chi connectivity index (χ1n) is 12.9. The van der Waals surface area contributed by atoms with Gasteiger partial charge in [-0.3, -0.25) is 29.1 Å². The second-order valence-electron chi connectivity index (χ2n) is 9.89. The van der Waals surface area contributed by atoms with Gasteiger partial charge in [0.25, 0.3) is 18.8 Å². The van der Waals surface area contributed by atoms with E-state index in [0.717, 1.165) is 12.1 Å². The molecule has 0 saturated carbocycles. The SMILES string of the molecule is Cc1nc(Cn2cc(NC(=O)c3nc(-c4c(C(F)F)ccc(Cl)c4F)cnc3C(F)F)cn2)cnc1N1C[C@H]2C#C[C@H]2C1=O. The number of carbonyl (C=O) groups excluding carboxylic acids is 2. The molecule has 1 aliphatic heterocycles. The van der Waals surface area contributed by atoms with Crippen LogP contribution >= 0.6 is 11.6 Å². The van der Waals surface area contributed by atoms with Crippen molar-refractivity contribution in [3.05, 3.63) is 76.1 Å². The number of hydrogen-bond acceptors (Lipinski definition) is 7. The van der Waals surface area contributed by atoms with Crippen molar-refractivity contribution in [2.75, 3.05) is 16.8 Å². The van der Waals surface area contributed by atoms with Crippen LogP contribution in [0.3, 0.4) is 0 Å². The average molecular weight is 629 g/mol. The molecular weight excluding hydrogens is 611 g/mol. The Morgan fingerprint density at radius 2 is 1.91 bits per heavy atom. The number of alkyl halides is 4. The van der Waals surface area contributed by atoms with Crippen LogP contribution in [0.5, 0.6) is 0 Å². The standard InChI is InChI=1S/C28H18ClF5N8O2/c1-12-26(42-9-13-2-3-16(13)28(42)44)36-6-14(38-12)10-41-11-15(7-37-41)39-27(43)23-22(25(33)34)35-8-19(40-23)20-17(24(31)32)4-5-18(29)21(20)30/h4-8,11,13,16,24-25H,9-10H2,1H3,(H,39,43)/t13-,16-/m1/s1. The summed E-state index contributed by atoms with van der Waals surface area (Å²) in [6.45, 7) is 2.27. The molecule has 6 rings (SSSR count). The second-order valence-corrected chi connectivity index (χ2v) is 10.3. The van der Waals surface area contributed by atoms with E-state index in [9.17, 15) is 31.5 Å². The zero-order valence-corrected chi connectivity index (χ0v) is 23.2. The highest BCUT2D eigenvalue weighted by Crippen LogP contribution is 2.36. The minimum absolute atomic E-state index is 0.000533. The molecule has 2 atom stereocenters. The molecule has 4 heterocycles. The van der Waals surface area contributed by atoms with Gasteiger partial charge in [0, 0.05) is 23.9 Å². The zero-order chi connectivity index (χ0) is 31.3. The van der Waals surface area contributed by atoms with Crippen LogP contribution in [-0.4, -0.2) is 48.1 Å². The van der Waals surface area contributed by atoms with Crippen molar-refractivity contribution in [1.29, 1.82) is 0 Å². The van der Waals surface area contributed by atoms with Crippen molar-refractivity contribution in [2.24, 2.45) is 11.8 Å². The summed E-state index contributed by atoms with van der Waals surface area (Å²) >= 11 is 5.75. The number of fused-ring (bicyclic) bond motifs is 1. The summed E-state index contributed by atoms with van der Waals surface area (Å²) in [6, 6.07) is 1.79. The van der Waals surface area contributed by atoms with Crippen molar-refractivity contribution >= 4 is 34.9 Å². The molecule has 3 aromatic heterocycles. The number of aromatic nitrogens is 6. The second kappa shape index (κ2) is 11.3. The number of benzene rings is 1. The van der Waals surface area contributed by atoms with Crippen molar-refractivity contribution in [2.45, 2.75) is 26.3 Å². The van der Waals surface area contributed by atoms with E-state index in [2.05, 4.69) is 42.2 Å². The van der Waals surface area contributed by atoms with Gasteiger partial charge in [-0.25, -0.2) is 31.9 Å². The molecule has 1 saturated heterocycles. The van der Waals surface area contributed by atoms with Gasteiger partial charge in [0.1, 0.15) is 11.6 Å². The lowest BCUT2D eigenvalue weighted by Crippen LogP contribution is -2.28. The van der Waals surface area contributed by atoms with Crippen molar-refractivity contribution in [3.8, 4) is 23.1 Å². The first-order valence-corrected chi connectivity index (χ1v) is 13.3. The van der Waals surface area contributed by atoms with Gasteiger partial charge in [0.2, 0.25) is 5.91 Å². The Morgan fingerprint density at radius 1 is 1.11 bits per heavy atom. The average Bonchev–Trinajstić information content (AvgIpc) is 3.49. The Balaban J connectivity index is 1.21. The van der Waals surface area contributed by atoms with E-state index in [-0.39, 0.29) is 30.0 Å². The Morgan fingerprint density at radius 3 is 2.55 bits per heavy atom. The molecular formula is C28H18ClF5N8O2. The summed E-state index contributed by atoms with van der Waals surface area (Å²) < 4.78 is 70.8. The van der Waals surface area contributed by atoms with E-state index in [1.54, 1.807) is 11.8 Å². The molecule has 0 bridgehead atoms. The summed E-state index contributed by atoms with van der Waals surface area (Å²) in [7, 11) is 0. The molecule has 1 aliphatic carbocycles. The van der Waals surface area contributed by atoms with Crippen molar-refractivity contribution in [1.82, 2.24) is 29.7 Å². The Kier molecular flexibility index (Phi) is 7.46. The summed E-state index contributed by atoms with van der Waals surface area (Å²) in [6.07, 6.45) is -1.66. The maximum absolute atomic E-state index is 14.8. The van der Waals surface area contributed by atoms with Crippen LogP contribution < -0.4 is 10.2 Å². The highest BCUT2D eigenvalue weighted by atomic mass is 35.5. The molecule has 2 amide bonds. The third-order valence-corrected chi connectivity index (χ3v) is 7.31. The Labute approximate surface area is 250 Å². The summed E-state index contributed by atoms with van der Waals surface area (Å²) in [5.41, 5.74) is -3.03. The Hall–Kier alpha value is -4.97. The number of hydrogen-bond donors (Lipinski definition) is 1. The minimum Gasteiger partial charge on any atom is -0.318 e. The van der Waals surface area contributed by atoms with Gasteiger partial charge in [-0.05, 0) is 13.0 Å². The fourth-order valence-corrected chi connectivity index (χ4v) is 5.06. The number of anilines is 2. The van der Waals surface area contributed by atoms with Gasteiger partial charge in [0.05, 0.1) is 58.8 Å². The molecule has 1 aromatic carbocycles. The smallest absolute Gasteiger partial charge is 0.282 e. The lowest BCUT2D eigenvalue weighted by atomic mass is 9.89. The largest absolute Gasteiger partial charge is 0.318 e. The number of rotatable bonds is 8. The van der Waals surface area contributed by atoms with Gasteiger partial charge < -0.3 is 5.32 Å². The first kappa shape index (κ1) is 29.1. The first-order chi connectivity index (χ1) is 21.0. The lowest BCUT2D eigenvalue weighted by Gasteiger charge is -2.16. The third-order valence-electron chi connectivity index (χ3n) is 7.02. The fourth-order valence-electron chi connectivity index (χ4n) is 4.90. The summed E-state index contributed by atoms with van der Waals surface area (Å²) in [5.74, 6) is 3.41. The quantitative estimate of drug-likeness (QED) is 0.215. The molecule has 1 fully saturated rings. The molecule has 0 unspecified atom stereocenters. The number of carbonyl (C=O) groups is 2. The summed E-state index contributed by atoms with van der Waals surface area (Å²) in [5, 5.41) is 5.97. The van der Waals surface area contributed by atoms with Crippen LogP contribution in [0.4, 0.5) is 33.5 Å². The molecule has 1 N–H and O–H groups in total. The third kappa shape index (κ3) is 5.21. The zero-order valence-electron chi connectivity index (χ0n) is 22.4. The van der Waals surface area contributed by atoms with Gasteiger partial charge in [-0.2, -0.15) is 5.10 Å². The van der Waals surface area contributed by atoms with E-state index in [4.69, 9.17) is 11.6 Å². The minimum atomic E-state index is -3.26. The number of nitrogens with zero attached hydrogens (tertiary/aromatic N) is 7. The van der Waals surface area contributed by atoms with E-state index in [0.29, 0.717) is 29.9 Å². The van der Waals surface area contributed by atoms with Crippen LogP contribution in [-0.2, 0) is 11.3 Å². The molecule has 4 aromatic rings. The van der Waals surface area contributed by atoms with E-state index < -0.39 is 57.8 Å². The summed E-state index contributed by atoms with van der Waals surface area (Å²) in [4.78, 5) is 43.3. The van der Waals surface area contributed by atoms with Crippen LogP contribution in [0.2, 0.25) is 5.02 Å². The van der Waals surface area contributed by atoms with Crippen LogP contribution in [0.1, 0.15) is 46.0 Å². The fraction of sp³-hybridized carbons (Fsp3) is 0.250. The van der Waals surface area contributed by atoms with E-state index in [1.807, 2.05) is 0 Å². The number of halogens is 6. The van der Waals surface area contributed by atoms with Crippen molar-refractivity contribution in [3.63, 3.8) is 0 Å². The highest BCUT2D eigenvalue weighted by molar-refractivity contribution is 6.31. The molecule has 44 heavy (non-hydrogen) atoms. The topological polar surface area (TPSA) is 119 Å². The van der Waals surface area contributed by atoms with Crippen molar-refractivity contribution < 1.29 is 31.5 Å². The lowest BCUT2D eigenvalue weighted by molar-refractivity contribution is -0.119. The number of amides is 2. The van der Waals surface area contributed by atoms with Crippen LogP contribution in [0.25, 0.3) is 11.3 Å².